The van der Waals surface area contributed by atoms with Gasteiger partial charge >= 0.3 is 0 Å². The average Bonchev–Trinajstić information content (AvgIpc) is 3.18. The van der Waals surface area contributed by atoms with Gasteiger partial charge in [-0.3, -0.25) is 19.3 Å². The zero-order valence-corrected chi connectivity index (χ0v) is 18.7. The Labute approximate surface area is 183 Å². The summed E-state index contributed by atoms with van der Waals surface area (Å²) in [5, 5.41) is 7.45. The summed E-state index contributed by atoms with van der Waals surface area (Å²) in [6, 6.07) is 7.65. The summed E-state index contributed by atoms with van der Waals surface area (Å²) in [7, 11) is 5.33. The molecule has 1 aliphatic rings. The SMILES string of the molecule is CCNC(=NCCc1cccc(C(=O)N(C)C)c1)N1CCN(c2cnn(C)c2)C(=O)C1. The molecule has 1 N–H and O–H groups in total. The van der Waals surface area contributed by atoms with Crippen molar-refractivity contribution in [1.29, 1.82) is 0 Å². The van der Waals surface area contributed by atoms with Gasteiger partial charge in [-0.2, -0.15) is 5.10 Å². The third-order valence-electron chi connectivity index (χ3n) is 5.10. The van der Waals surface area contributed by atoms with Crippen LogP contribution in [0.25, 0.3) is 0 Å². The Morgan fingerprint density at radius 1 is 1.29 bits per heavy atom. The van der Waals surface area contributed by atoms with Crippen molar-refractivity contribution in [1.82, 2.24) is 24.9 Å². The first-order valence-electron chi connectivity index (χ1n) is 10.5. The number of nitrogens with one attached hydrogen (secondary N) is 1. The molecule has 2 amide bonds. The lowest BCUT2D eigenvalue weighted by Crippen LogP contribution is -2.55. The number of nitrogens with zero attached hydrogens (tertiary/aromatic N) is 6. The smallest absolute Gasteiger partial charge is 0.253 e. The Bertz CT molecular complexity index is 951. The van der Waals surface area contributed by atoms with E-state index in [9.17, 15) is 9.59 Å². The molecule has 166 valence electrons. The fourth-order valence-electron chi connectivity index (χ4n) is 3.51. The van der Waals surface area contributed by atoms with Gasteiger partial charge in [0.15, 0.2) is 5.96 Å². The molecule has 3 rings (SSSR count). The molecule has 9 nitrogen and oxygen atoms in total. The number of hydrogen-bond acceptors (Lipinski definition) is 4. The number of aliphatic imine (C=N–C) groups is 1. The standard InChI is InChI=1S/C22H31N7O2/c1-5-23-22(24-10-9-17-7-6-8-18(13-17)21(31)26(2)3)28-11-12-29(20(30)16-28)19-14-25-27(4)15-19/h6-8,13-15H,5,9-12,16H2,1-4H3,(H,23,24). The highest BCUT2D eigenvalue weighted by atomic mass is 16.2. The number of aryl methyl sites for hydroxylation is 1. The van der Waals surface area contributed by atoms with Gasteiger partial charge in [0.05, 0.1) is 11.9 Å². The van der Waals surface area contributed by atoms with Crippen LogP contribution in [0, 0.1) is 0 Å². The molecule has 0 spiro atoms. The molecule has 0 bridgehead atoms. The number of anilines is 1. The fraction of sp³-hybridized carbons (Fsp3) is 0.455. The summed E-state index contributed by atoms with van der Waals surface area (Å²) in [5.41, 5.74) is 2.56. The lowest BCUT2D eigenvalue weighted by molar-refractivity contribution is -0.120. The van der Waals surface area contributed by atoms with E-state index >= 15 is 0 Å². The molecule has 2 aromatic rings. The number of carbonyl (C=O) groups is 2. The molecular weight excluding hydrogens is 394 g/mol. The molecule has 0 radical (unpaired) electrons. The van der Waals surface area contributed by atoms with Crippen molar-refractivity contribution in [3.05, 3.63) is 47.8 Å². The number of benzene rings is 1. The van der Waals surface area contributed by atoms with Crippen LogP contribution in [0.15, 0.2) is 41.7 Å². The monoisotopic (exact) mass is 425 g/mol. The van der Waals surface area contributed by atoms with Crippen molar-refractivity contribution in [3.63, 3.8) is 0 Å². The van der Waals surface area contributed by atoms with E-state index in [1.165, 1.54) is 0 Å². The minimum Gasteiger partial charge on any atom is -0.357 e. The second-order valence-corrected chi connectivity index (χ2v) is 7.72. The van der Waals surface area contributed by atoms with Crippen LogP contribution >= 0.6 is 0 Å². The van der Waals surface area contributed by atoms with E-state index in [0.29, 0.717) is 31.6 Å². The van der Waals surface area contributed by atoms with Crippen LogP contribution in [0.2, 0.25) is 0 Å². The number of carbonyl (C=O) groups excluding carboxylic acids is 2. The van der Waals surface area contributed by atoms with Gasteiger partial charge in [0.2, 0.25) is 5.91 Å². The minimum atomic E-state index is -0.0105. The highest BCUT2D eigenvalue weighted by Crippen LogP contribution is 2.16. The van der Waals surface area contributed by atoms with Crippen LogP contribution in [0.1, 0.15) is 22.8 Å². The number of hydrogen-bond donors (Lipinski definition) is 1. The molecule has 31 heavy (non-hydrogen) atoms. The molecule has 0 unspecified atom stereocenters. The molecule has 1 saturated heterocycles. The van der Waals surface area contributed by atoms with Crippen LogP contribution in [-0.4, -0.2) is 84.2 Å². The predicted molar refractivity (Wildman–Crippen MR) is 121 cm³/mol. The predicted octanol–water partition coefficient (Wildman–Crippen LogP) is 0.979. The van der Waals surface area contributed by atoms with E-state index in [-0.39, 0.29) is 18.4 Å². The first-order valence-corrected chi connectivity index (χ1v) is 10.5. The molecule has 0 atom stereocenters. The number of amides is 2. The Morgan fingerprint density at radius 3 is 2.74 bits per heavy atom. The Balaban J connectivity index is 1.62. The molecule has 9 heteroatoms. The van der Waals surface area contributed by atoms with Crippen molar-refractivity contribution in [3.8, 4) is 0 Å². The Morgan fingerprint density at radius 2 is 2.10 bits per heavy atom. The van der Waals surface area contributed by atoms with Gasteiger partial charge in [-0.05, 0) is 31.0 Å². The van der Waals surface area contributed by atoms with Crippen molar-refractivity contribution >= 4 is 23.5 Å². The normalized spacial score (nSPS) is 14.7. The summed E-state index contributed by atoms with van der Waals surface area (Å²) in [5.74, 6) is 0.755. The molecule has 2 heterocycles. The van der Waals surface area contributed by atoms with E-state index in [0.717, 1.165) is 23.8 Å². The van der Waals surface area contributed by atoms with Crippen LogP contribution < -0.4 is 10.2 Å². The second kappa shape index (κ2) is 10.1. The summed E-state index contributed by atoms with van der Waals surface area (Å²) < 4.78 is 1.70. The topological polar surface area (TPSA) is 86.1 Å². The quantitative estimate of drug-likeness (QED) is 0.551. The van der Waals surface area contributed by atoms with Crippen LogP contribution in [0.4, 0.5) is 5.69 Å². The maximum absolute atomic E-state index is 12.7. The van der Waals surface area contributed by atoms with E-state index in [2.05, 4.69) is 10.4 Å². The molecule has 0 saturated carbocycles. The van der Waals surface area contributed by atoms with E-state index in [4.69, 9.17) is 4.99 Å². The van der Waals surface area contributed by atoms with Crippen LogP contribution in [0.3, 0.4) is 0 Å². The van der Waals surface area contributed by atoms with Gasteiger partial charge in [0, 0.05) is 59.1 Å². The summed E-state index contributed by atoms with van der Waals surface area (Å²) >= 11 is 0. The summed E-state index contributed by atoms with van der Waals surface area (Å²) in [6.07, 6.45) is 4.27. The maximum atomic E-state index is 12.7. The number of rotatable bonds is 6. The lowest BCUT2D eigenvalue weighted by atomic mass is 10.1. The van der Waals surface area contributed by atoms with E-state index < -0.39 is 0 Å². The molecule has 1 aliphatic heterocycles. The van der Waals surface area contributed by atoms with Crippen LogP contribution in [-0.2, 0) is 18.3 Å². The highest BCUT2D eigenvalue weighted by molar-refractivity contribution is 5.98. The van der Waals surface area contributed by atoms with Gasteiger partial charge < -0.3 is 20.0 Å². The minimum absolute atomic E-state index is 0.0105. The third-order valence-corrected chi connectivity index (χ3v) is 5.10. The van der Waals surface area contributed by atoms with E-state index in [1.54, 1.807) is 34.8 Å². The van der Waals surface area contributed by atoms with Gasteiger partial charge in [-0.1, -0.05) is 12.1 Å². The van der Waals surface area contributed by atoms with E-state index in [1.807, 2.05) is 49.3 Å². The van der Waals surface area contributed by atoms with Crippen LogP contribution in [0.5, 0.6) is 0 Å². The van der Waals surface area contributed by atoms with Crippen molar-refractivity contribution in [2.75, 3.05) is 51.7 Å². The fourth-order valence-corrected chi connectivity index (χ4v) is 3.51. The average molecular weight is 426 g/mol. The zero-order valence-electron chi connectivity index (χ0n) is 18.7. The molecular formula is C22H31N7O2. The molecule has 1 fully saturated rings. The Kier molecular flexibility index (Phi) is 7.28. The number of guanidine groups is 1. The highest BCUT2D eigenvalue weighted by Gasteiger charge is 2.27. The Hall–Kier alpha value is -3.36. The van der Waals surface area contributed by atoms with Gasteiger partial charge in [-0.25, -0.2) is 0 Å². The second-order valence-electron chi connectivity index (χ2n) is 7.72. The van der Waals surface area contributed by atoms with Crippen molar-refractivity contribution in [2.24, 2.45) is 12.0 Å². The number of piperazine rings is 1. The molecule has 1 aromatic carbocycles. The maximum Gasteiger partial charge on any atom is 0.253 e. The van der Waals surface area contributed by atoms with Gasteiger partial charge in [0.25, 0.3) is 5.91 Å². The molecule has 0 aliphatic carbocycles. The lowest BCUT2D eigenvalue weighted by Gasteiger charge is -2.35. The molecule has 1 aromatic heterocycles. The number of aromatic nitrogens is 2. The third kappa shape index (κ3) is 5.62. The van der Waals surface area contributed by atoms with Gasteiger partial charge in [0.1, 0.15) is 6.54 Å². The first kappa shape index (κ1) is 22.3. The van der Waals surface area contributed by atoms with Crippen molar-refractivity contribution < 1.29 is 9.59 Å². The van der Waals surface area contributed by atoms with Gasteiger partial charge in [-0.15, -0.1) is 0 Å². The largest absolute Gasteiger partial charge is 0.357 e. The van der Waals surface area contributed by atoms with Crippen molar-refractivity contribution in [2.45, 2.75) is 13.3 Å². The summed E-state index contributed by atoms with van der Waals surface area (Å²) in [6.45, 7) is 4.86. The zero-order chi connectivity index (χ0) is 22.4. The summed E-state index contributed by atoms with van der Waals surface area (Å²) in [4.78, 5) is 34.9. The first-order chi connectivity index (χ1) is 14.9.